The third kappa shape index (κ3) is 3.54. The van der Waals surface area contributed by atoms with Gasteiger partial charge in [0.2, 0.25) is 5.91 Å². The number of carbonyl (C=O) groups is 1. The van der Waals surface area contributed by atoms with Gasteiger partial charge in [0.25, 0.3) is 5.69 Å². The Morgan fingerprint density at radius 1 is 1.40 bits per heavy atom. The molecule has 1 aromatic rings. The first-order chi connectivity index (χ1) is 9.58. The summed E-state index contributed by atoms with van der Waals surface area (Å²) in [5, 5.41) is 13.5. The van der Waals surface area contributed by atoms with Crippen LogP contribution in [0.3, 0.4) is 0 Å². The highest BCUT2D eigenvalue weighted by molar-refractivity contribution is 5.94. The molecule has 0 aromatic heterocycles. The van der Waals surface area contributed by atoms with Crippen LogP contribution in [0.25, 0.3) is 0 Å². The van der Waals surface area contributed by atoms with E-state index in [1.54, 1.807) is 18.2 Å². The molecule has 1 saturated carbocycles. The molecule has 0 unspecified atom stereocenters. The van der Waals surface area contributed by atoms with Gasteiger partial charge in [-0.3, -0.25) is 19.8 Å². The van der Waals surface area contributed by atoms with Crippen molar-refractivity contribution in [3.8, 4) is 0 Å². The maximum atomic E-state index is 12.0. The van der Waals surface area contributed by atoms with E-state index in [9.17, 15) is 14.9 Å². The smallest absolute Gasteiger partial charge is 0.292 e. The van der Waals surface area contributed by atoms with Gasteiger partial charge in [-0.25, -0.2) is 0 Å². The third-order valence-corrected chi connectivity index (χ3v) is 3.72. The van der Waals surface area contributed by atoms with Crippen LogP contribution in [0.1, 0.15) is 25.7 Å². The number of likely N-dealkylation sites (N-methyl/N-ethyl adjacent to an activating group) is 1. The van der Waals surface area contributed by atoms with E-state index < -0.39 is 4.92 Å². The monoisotopic (exact) mass is 277 g/mol. The van der Waals surface area contributed by atoms with Crippen LogP contribution < -0.4 is 5.32 Å². The maximum absolute atomic E-state index is 12.0. The fraction of sp³-hybridized carbons (Fsp3) is 0.500. The van der Waals surface area contributed by atoms with Gasteiger partial charge < -0.3 is 5.32 Å². The molecule has 6 heteroatoms. The number of carbonyl (C=O) groups excluding carboxylic acids is 1. The molecule has 1 aromatic carbocycles. The number of rotatable bonds is 5. The van der Waals surface area contributed by atoms with Crippen LogP contribution in [-0.4, -0.2) is 35.4 Å². The van der Waals surface area contributed by atoms with E-state index in [-0.39, 0.29) is 23.8 Å². The lowest BCUT2D eigenvalue weighted by Gasteiger charge is -2.23. The Labute approximate surface area is 117 Å². The second kappa shape index (κ2) is 6.47. The summed E-state index contributed by atoms with van der Waals surface area (Å²) >= 11 is 0. The van der Waals surface area contributed by atoms with Crippen molar-refractivity contribution < 1.29 is 9.72 Å². The number of amides is 1. The first-order valence-electron chi connectivity index (χ1n) is 6.81. The van der Waals surface area contributed by atoms with Crippen molar-refractivity contribution in [2.45, 2.75) is 31.7 Å². The van der Waals surface area contributed by atoms with Gasteiger partial charge in [0.1, 0.15) is 5.69 Å². The van der Waals surface area contributed by atoms with E-state index in [1.165, 1.54) is 18.9 Å². The Kier molecular flexibility index (Phi) is 4.68. The molecule has 108 valence electrons. The minimum atomic E-state index is -0.490. The van der Waals surface area contributed by atoms with E-state index in [0.717, 1.165) is 12.8 Å². The average molecular weight is 277 g/mol. The molecule has 0 saturated heterocycles. The van der Waals surface area contributed by atoms with Crippen LogP contribution in [0, 0.1) is 10.1 Å². The zero-order chi connectivity index (χ0) is 14.5. The van der Waals surface area contributed by atoms with E-state index in [4.69, 9.17) is 0 Å². The summed E-state index contributed by atoms with van der Waals surface area (Å²) in [4.78, 5) is 24.4. The molecule has 20 heavy (non-hydrogen) atoms. The van der Waals surface area contributed by atoms with Crippen LogP contribution in [0.4, 0.5) is 11.4 Å². The number of hydrogen-bond acceptors (Lipinski definition) is 4. The van der Waals surface area contributed by atoms with E-state index >= 15 is 0 Å². The van der Waals surface area contributed by atoms with Gasteiger partial charge in [0.15, 0.2) is 0 Å². The molecule has 1 aliphatic carbocycles. The molecule has 1 aliphatic rings. The Hall–Kier alpha value is -1.95. The minimum Gasteiger partial charge on any atom is -0.319 e. The summed E-state index contributed by atoms with van der Waals surface area (Å²) in [6, 6.07) is 6.63. The summed E-state index contributed by atoms with van der Waals surface area (Å²) < 4.78 is 0. The summed E-state index contributed by atoms with van der Waals surface area (Å²) in [5.41, 5.74) is 0.173. The third-order valence-electron chi connectivity index (χ3n) is 3.72. The SMILES string of the molecule is CN(CC(=O)Nc1ccccc1[N+](=O)[O-])C1CCCC1. The zero-order valence-corrected chi connectivity index (χ0v) is 11.5. The lowest BCUT2D eigenvalue weighted by atomic mass is 10.2. The van der Waals surface area contributed by atoms with Crippen molar-refractivity contribution in [2.24, 2.45) is 0 Å². The number of nitrogens with one attached hydrogen (secondary N) is 1. The second-order valence-electron chi connectivity index (χ2n) is 5.18. The Morgan fingerprint density at radius 2 is 2.05 bits per heavy atom. The van der Waals surface area contributed by atoms with E-state index in [1.807, 2.05) is 11.9 Å². The highest BCUT2D eigenvalue weighted by atomic mass is 16.6. The molecule has 0 radical (unpaired) electrons. The summed E-state index contributed by atoms with van der Waals surface area (Å²) in [6.07, 6.45) is 4.66. The average Bonchev–Trinajstić information content (AvgIpc) is 2.92. The van der Waals surface area contributed by atoms with Gasteiger partial charge in [-0.2, -0.15) is 0 Å². The normalized spacial score (nSPS) is 15.5. The van der Waals surface area contributed by atoms with Gasteiger partial charge in [-0.15, -0.1) is 0 Å². The first kappa shape index (κ1) is 14.5. The molecule has 1 fully saturated rings. The van der Waals surface area contributed by atoms with Crippen LogP contribution in [0.2, 0.25) is 0 Å². The molecule has 2 rings (SSSR count). The van der Waals surface area contributed by atoms with Crippen LogP contribution >= 0.6 is 0 Å². The van der Waals surface area contributed by atoms with Gasteiger partial charge in [0, 0.05) is 12.1 Å². The number of benzene rings is 1. The van der Waals surface area contributed by atoms with Crippen molar-refractivity contribution in [3.63, 3.8) is 0 Å². The van der Waals surface area contributed by atoms with Crippen molar-refractivity contribution in [1.82, 2.24) is 4.90 Å². The van der Waals surface area contributed by atoms with Gasteiger partial charge in [-0.1, -0.05) is 25.0 Å². The molecule has 0 spiro atoms. The molecular weight excluding hydrogens is 258 g/mol. The number of anilines is 1. The Bertz CT molecular complexity index is 498. The fourth-order valence-electron chi connectivity index (χ4n) is 2.63. The standard InChI is InChI=1S/C14H19N3O3/c1-16(11-6-2-3-7-11)10-14(18)15-12-8-4-5-9-13(12)17(19)20/h4-5,8-9,11H,2-3,6-7,10H2,1H3,(H,15,18). The minimum absolute atomic E-state index is 0.0793. The largest absolute Gasteiger partial charge is 0.319 e. The summed E-state index contributed by atoms with van der Waals surface area (Å²) in [6.45, 7) is 0.261. The molecule has 0 aliphatic heterocycles. The molecule has 0 atom stereocenters. The van der Waals surface area contributed by atoms with Gasteiger partial charge >= 0.3 is 0 Å². The maximum Gasteiger partial charge on any atom is 0.292 e. The van der Waals surface area contributed by atoms with E-state index in [0.29, 0.717) is 6.04 Å². The molecule has 1 amide bonds. The van der Waals surface area contributed by atoms with Crippen LogP contribution in [-0.2, 0) is 4.79 Å². The Balaban J connectivity index is 1.96. The second-order valence-corrected chi connectivity index (χ2v) is 5.18. The van der Waals surface area contributed by atoms with Crippen molar-refractivity contribution >= 4 is 17.3 Å². The van der Waals surface area contributed by atoms with Crippen LogP contribution in [0.5, 0.6) is 0 Å². The fourth-order valence-corrected chi connectivity index (χ4v) is 2.63. The van der Waals surface area contributed by atoms with Gasteiger partial charge in [0.05, 0.1) is 11.5 Å². The van der Waals surface area contributed by atoms with E-state index in [2.05, 4.69) is 5.32 Å². The predicted octanol–water partition coefficient (Wildman–Crippen LogP) is 2.41. The highest BCUT2D eigenvalue weighted by Gasteiger charge is 2.22. The predicted molar refractivity (Wildman–Crippen MR) is 76.6 cm³/mol. The van der Waals surface area contributed by atoms with Crippen molar-refractivity contribution in [1.29, 1.82) is 0 Å². The molecule has 0 bridgehead atoms. The number of para-hydroxylation sites is 2. The summed E-state index contributed by atoms with van der Waals surface area (Å²) in [5.74, 6) is -0.214. The van der Waals surface area contributed by atoms with Gasteiger partial charge in [-0.05, 0) is 26.0 Å². The molecule has 0 heterocycles. The quantitative estimate of drug-likeness (QED) is 0.662. The zero-order valence-electron chi connectivity index (χ0n) is 11.5. The number of nitro benzene ring substituents is 1. The molecule has 6 nitrogen and oxygen atoms in total. The Morgan fingerprint density at radius 3 is 2.70 bits per heavy atom. The summed E-state index contributed by atoms with van der Waals surface area (Å²) in [7, 11) is 1.93. The number of hydrogen-bond donors (Lipinski definition) is 1. The van der Waals surface area contributed by atoms with Crippen molar-refractivity contribution in [2.75, 3.05) is 18.9 Å². The number of nitrogens with zero attached hydrogens (tertiary/aromatic N) is 2. The first-order valence-corrected chi connectivity index (χ1v) is 6.81. The topological polar surface area (TPSA) is 75.5 Å². The lowest BCUT2D eigenvalue weighted by molar-refractivity contribution is -0.383. The molecular formula is C14H19N3O3. The highest BCUT2D eigenvalue weighted by Crippen LogP contribution is 2.24. The van der Waals surface area contributed by atoms with Crippen LogP contribution in [0.15, 0.2) is 24.3 Å². The lowest BCUT2D eigenvalue weighted by Crippen LogP contribution is -2.36. The number of nitro groups is 1. The molecule has 1 N–H and O–H groups in total. The van der Waals surface area contributed by atoms with Crippen molar-refractivity contribution in [3.05, 3.63) is 34.4 Å².